The third-order valence-corrected chi connectivity index (χ3v) is 5.25. The molecule has 1 unspecified atom stereocenters. The fourth-order valence-electron chi connectivity index (χ4n) is 3.79. The first kappa shape index (κ1) is 19.5. The lowest BCUT2D eigenvalue weighted by Crippen LogP contribution is -2.31. The predicted molar refractivity (Wildman–Crippen MR) is 121 cm³/mol. The largest absolute Gasteiger partial charge is 0.508 e. The Hall–Kier alpha value is -4.46. The lowest BCUT2D eigenvalue weighted by Gasteiger charge is -2.28. The van der Waals surface area contributed by atoms with Gasteiger partial charge in [-0.3, -0.25) is 9.78 Å². The molecule has 5 rings (SSSR count). The first-order valence-corrected chi connectivity index (χ1v) is 10.1. The van der Waals surface area contributed by atoms with Gasteiger partial charge >= 0.3 is 0 Å². The summed E-state index contributed by atoms with van der Waals surface area (Å²) >= 11 is 0. The molecule has 32 heavy (non-hydrogen) atoms. The Labute approximate surface area is 184 Å². The number of benzene rings is 2. The molecule has 0 saturated heterocycles. The SMILES string of the molecule is CC1=C(C(=O)Nc2ccccc2)C(c2cccc(O)c2)n2nc(-c3ccncc3)nc2N1. The van der Waals surface area contributed by atoms with Gasteiger partial charge in [0, 0.05) is 29.3 Å². The Morgan fingerprint density at radius 3 is 2.59 bits per heavy atom. The van der Waals surface area contributed by atoms with E-state index in [1.165, 1.54) is 0 Å². The number of anilines is 2. The number of aromatic hydroxyl groups is 1. The van der Waals surface area contributed by atoms with E-state index >= 15 is 0 Å². The molecule has 0 saturated carbocycles. The lowest BCUT2D eigenvalue weighted by atomic mass is 9.95. The molecule has 0 radical (unpaired) electrons. The summed E-state index contributed by atoms with van der Waals surface area (Å²) in [5.74, 6) is 0.871. The molecular weight excluding hydrogens is 404 g/mol. The first-order chi connectivity index (χ1) is 15.6. The number of phenols is 1. The number of carbonyl (C=O) groups is 1. The van der Waals surface area contributed by atoms with Gasteiger partial charge in [0.2, 0.25) is 5.95 Å². The number of amides is 1. The third-order valence-electron chi connectivity index (χ3n) is 5.25. The van der Waals surface area contributed by atoms with Gasteiger partial charge in [-0.25, -0.2) is 4.68 Å². The number of aromatic nitrogens is 4. The maximum Gasteiger partial charge on any atom is 0.255 e. The summed E-state index contributed by atoms with van der Waals surface area (Å²) < 4.78 is 1.68. The van der Waals surface area contributed by atoms with Gasteiger partial charge in [-0.15, -0.1) is 5.10 Å². The number of allylic oxidation sites excluding steroid dienone is 1. The molecule has 8 nitrogen and oxygen atoms in total. The minimum atomic E-state index is -0.579. The number of nitrogens with zero attached hydrogens (tertiary/aromatic N) is 4. The number of nitrogens with one attached hydrogen (secondary N) is 2. The highest BCUT2D eigenvalue weighted by molar-refractivity contribution is 6.06. The number of hydrogen-bond acceptors (Lipinski definition) is 6. The standard InChI is InChI=1S/C24H20N6O2/c1-15-20(23(32)27-18-7-3-2-4-8-18)21(17-6-5-9-19(31)14-17)30-24(26-15)28-22(29-30)16-10-12-25-13-11-16/h2-14,21,31H,1H3,(H,27,32)(H,26,28,29). The minimum absolute atomic E-state index is 0.109. The predicted octanol–water partition coefficient (Wildman–Crippen LogP) is 3.97. The Bertz CT molecular complexity index is 1310. The number of pyridine rings is 1. The van der Waals surface area contributed by atoms with Crippen molar-refractivity contribution in [1.29, 1.82) is 0 Å². The van der Waals surface area contributed by atoms with Gasteiger partial charge in [-0.1, -0.05) is 30.3 Å². The van der Waals surface area contributed by atoms with E-state index < -0.39 is 6.04 Å². The van der Waals surface area contributed by atoms with Crippen LogP contribution in [0.2, 0.25) is 0 Å². The van der Waals surface area contributed by atoms with E-state index in [1.54, 1.807) is 35.3 Å². The van der Waals surface area contributed by atoms with Crippen molar-refractivity contribution >= 4 is 17.5 Å². The molecule has 1 aliphatic rings. The minimum Gasteiger partial charge on any atom is -0.508 e. The van der Waals surface area contributed by atoms with Crippen LogP contribution in [0.15, 0.2) is 90.4 Å². The normalized spacial score (nSPS) is 15.1. The molecular formula is C24H20N6O2. The van der Waals surface area contributed by atoms with Crippen LogP contribution in [0.1, 0.15) is 18.5 Å². The number of phenolic OH excluding ortho intramolecular Hbond substituents is 1. The van der Waals surface area contributed by atoms with Crippen molar-refractivity contribution in [2.45, 2.75) is 13.0 Å². The topological polar surface area (TPSA) is 105 Å². The van der Waals surface area contributed by atoms with Crippen molar-refractivity contribution in [3.8, 4) is 17.1 Å². The second-order valence-corrected chi connectivity index (χ2v) is 7.42. The summed E-state index contributed by atoms with van der Waals surface area (Å²) in [6.45, 7) is 1.83. The molecule has 2 aromatic carbocycles. The van der Waals surface area contributed by atoms with Crippen molar-refractivity contribution in [2.24, 2.45) is 0 Å². The molecule has 0 bridgehead atoms. The van der Waals surface area contributed by atoms with Crippen LogP contribution < -0.4 is 10.6 Å². The Balaban J connectivity index is 1.62. The molecule has 1 atom stereocenters. The van der Waals surface area contributed by atoms with E-state index in [0.717, 1.165) is 11.1 Å². The van der Waals surface area contributed by atoms with Crippen LogP contribution in [-0.4, -0.2) is 30.8 Å². The van der Waals surface area contributed by atoms with Crippen LogP contribution >= 0.6 is 0 Å². The molecule has 8 heteroatoms. The average Bonchev–Trinajstić information content (AvgIpc) is 3.23. The summed E-state index contributed by atoms with van der Waals surface area (Å²) in [4.78, 5) is 22.1. The number of fused-ring (bicyclic) bond motifs is 1. The Morgan fingerprint density at radius 2 is 1.84 bits per heavy atom. The zero-order valence-electron chi connectivity index (χ0n) is 17.2. The van der Waals surface area contributed by atoms with E-state index in [9.17, 15) is 9.90 Å². The van der Waals surface area contributed by atoms with Crippen molar-refractivity contribution < 1.29 is 9.90 Å². The zero-order valence-corrected chi connectivity index (χ0v) is 17.2. The molecule has 0 spiro atoms. The van der Waals surface area contributed by atoms with Crippen LogP contribution in [0.25, 0.3) is 11.4 Å². The van der Waals surface area contributed by atoms with Gasteiger partial charge in [0.05, 0.1) is 5.57 Å². The van der Waals surface area contributed by atoms with Crippen LogP contribution in [0.4, 0.5) is 11.6 Å². The van der Waals surface area contributed by atoms with E-state index in [4.69, 9.17) is 5.10 Å². The lowest BCUT2D eigenvalue weighted by molar-refractivity contribution is -0.113. The van der Waals surface area contributed by atoms with Gasteiger partial charge in [0.15, 0.2) is 5.82 Å². The second-order valence-electron chi connectivity index (χ2n) is 7.42. The smallest absolute Gasteiger partial charge is 0.255 e. The fourth-order valence-corrected chi connectivity index (χ4v) is 3.79. The van der Waals surface area contributed by atoms with Crippen molar-refractivity contribution in [2.75, 3.05) is 10.6 Å². The van der Waals surface area contributed by atoms with Gasteiger partial charge < -0.3 is 15.7 Å². The first-order valence-electron chi connectivity index (χ1n) is 10.1. The van der Waals surface area contributed by atoms with Gasteiger partial charge in [-0.05, 0) is 48.9 Å². The number of hydrogen-bond donors (Lipinski definition) is 3. The molecule has 4 aromatic rings. The summed E-state index contributed by atoms with van der Waals surface area (Å²) in [6.07, 6.45) is 3.36. The van der Waals surface area contributed by atoms with Crippen LogP contribution in [-0.2, 0) is 4.79 Å². The molecule has 1 amide bonds. The van der Waals surface area contributed by atoms with Crippen LogP contribution in [0.3, 0.4) is 0 Å². The van der Waals surface area contributed by atoms with Gasteiger partial charge in [-0.2, -0.15) is 4.98 Å². The van der Waals surface area contributed by atoms with E-state index in [0.29, 0.717) is 28.7 Å². The zero-order chi connectivity index (χ0) is 22.1. The summed E-state index contributed by atoms with van der Waals surface area (Å²) in [7, 11) is 0. The quantitative estimate of drug-likeness (QED) is 0.458. The van der Waals surface area contributed by atoms with Crippen molar-refractivity contribution in [3.05, 3.63) is 96.0 Å². The van der Waals surface area contributed by atoms with E-state index in [-0.39, 0.29) is 11.7 Å². The monoisotopic (exact) mass is 424 g/mol. The molecule has 1 aliphatic heterocycles. The number of rotatable bonds is 4. The van der Waals surface area contributed by atoms with E-state index in [1.807, 2.05) is 55.5 Å². The van der Waals surface area contributed by atoms with Crippen LogP contribution in [0.5, 0.6) is 5.75 Å². The van der Waals surface area contributed by atoms with Crippen molar-refractivity contribution in [1.82, 2.24) is 19.7 Å². The molecule has 158 valence electrons. The Morgan fingerprint density at radius 1 is 1.06 bits per heavy atom. The maximum atomic E-state index is 13.4. The Kier molecular flexibility index (Phi) is 4.87. The fraction of sp³-hybridized carbons (Fsp3) is 0.0833. The molecule has 2 aromatic heterocycles. The molecule has 0 aliphatic carbocycles. The van der Waals surface area contributed by atoms with Gasteiger partial charge in [0.25, 0.3) is 5.91 Å². The molecule has 3 heterocycles. The highest BCUT2D eigenvalue weighted by Crippen LogP contribution is 2.37. The highest BCUT2D eigenvalue weighted by Gasteiger charge is 2.34. The summed E-state index contributed by atoms with van der Waals surface area (Å²) in [6, 6.07) is 19.2. The average molecular weight is 424 g/mol. The van der Waals surface area contributed by atoms with Crippen LogP contribution in [0, 0.1) is 0 Å². The highest BCUT2D eigenvalue weighted by atomic mass is 16.3. The molecule has 0 fully saturated rings. The van der Waals surface area contributed by atoms with Gasteiger partial charge in [0.1, 0.15) is 11.8 Å². The second kappa shape index (κ2) is 7.99. The van der Waals surface area contributed by atoms with Crippen molar-refractivity contribution in [3.63, 3.8) is 0 Å². The third kappa shape index (κ3) is 3.58. The number of para-hydroxylation sites is 1. The molecule has 3 N–H and O–H groups in total. The van der Waals surface area contributed by atoms with E-state index in [2.05, 4.69) is 20.6 Å². The summed E-state index contributed by atoms with van der Waals surface area (Å²) in [5, 5.41) is 21.0. The number of carbonyl (C=O) groups excluding carboxylic acids is 1. The maximum absolute atomic E-state index is 13.4. The summed E-state index contributed by atoms with van der Waals surface area (Å²) in [5.41, 5.74) is 3.36.